The highest BCUT2D eigenvalue weighted by Gasteiger charge is 2.28. The molecule has 1 aromatic carbocycles. The van der Waals surface area contributed by atoms with Crippen LogP contribution in [-0.2, 0) is 0 Å². The number of hydrogen-bond donors (Lipinski definition) is 0. The molecule has 2 aromatic heterocycles. The van der Waals surface area contributed by atoms with Crippen LogP contribution in [-0.4, -0.2) is 32.8 Å². The lowest BCUT2D eigenvalue weighted by Crippen LogP contribution is -2.19. The van der Waals surface area contributed by atoms with Crippen LogP contribution in [0.1, 0.15) is 18.5 Å². The van der Waals surface area contributed by atoms with Gasteiger partial charge in [-0.2, -0.15) is 13.2 Å². The van der Waals surface area contributed by atoms with Crippen molar-refractivity contribution < 1.29 is 17.9 Å². The van der Waals surface area contributed by atoms with Crippen LogP contribution in [0.2, 0.25) is 0 Å². The molecule has 0 spiro atoms. The highest BCUT2D eigenvalue weighted by Crippen LogP contribution is 2.22. The molecular formula is C17H15F3N4O. The van der Waals surface area contributed by atoms with E-state index in [0.29, 0.717) is 0 Å². The average Bonchev–Trinajstić information content (AvgIpc) is 3.10. The van der Waals surface area contributed by atoms with Crippen molar-refractivity contribution in [3.05, 3.63) is 60.4 Å². The summed E-state index contributed by atoms with van der Waals surface area (Å²) in [6.45, 7) is 0.537. The third kappa shape index (κ3) is 4.34. The summed E-state index contributed by atoms with van der Waals surface area (Å²) in [5.74, 6) is -0.0724. The van der Waals surface area contributed by atoms with Gasteiger partial charge in [-0.05, 0) is 18.6 Å². The van der Waals surface area contributed by atoms with Gasteiger partial charge in [0.2, 0.25) is 5.88 Å². The first-order valence-corrected chi connectivity index (χ1v) is 7.55. The van der Waals surface area contributed by atoms with E-state index < -0.39 is 12.8 Å². The van der Waals surface area contributed by atoms with E-state index in [9.17, 15) is 13.2 Å². The third-order valence-electron chi connectivity index (χ3n) is 3.60. The summed E-state index contributed by atoms with van der Waals surface area (Å²) in [5.41, 5.74) is 2.48. The van der Waals surface area contributed by atoms with Crippen molar-refractivity contribution in [2.45, 2.75) is 19.1 Å². The fraction of sp³-hybridized carbons (Fsp3) is 0.235. The van der Waals surface area contributed by atoms with Crippen LogP contribution in [0.5, 0.6) is 5.88 Å². The summed E-state index contributed by atoms with van der Waals surface area (Å²) in [5, 5.41) is 8.27. The standard InChI is InChI=1S/C17H15F3N4O/c1-12(14-7-8-16(21-9-14)25-11-17(18,19)20)24-10-15(22-23-24)13-5-3-2-4-6-13/h2-10,12H,11H2,1H3. The molecule has 3 aromatic rings. The molecule has 0 aliphatic carbocycles. The van der Waals surface area contributed by atoms with Crippen LogP contribution in [0.15, 0.2) is 54.9 Å². The Kier molecular flexibility index (Phi) is 4.69. The van der Waals surface area contributed by atoms with Crippen LogP contribution >= 0.6 is 0 Å². The lowest BCUT2D eigenvalue weighted by Gasteiger charge is -2.12. The monoisotopic (exact) mass is 348 g/mol. The molecule has 0 N–H and O–H groups in total. The van der Waals surface area contributed by atoms with Gasteiger partial charge in [-0.3, -0.25) is 0 Å². The zero-order chi connectivity index (χ0) is 17.9. The lowest BCUT2D eigenvalue weighted by atomic mass is 10.1. The number of alkyl halides is 3. The van der Waals surface area contributed by atoms with E-state index in [1.807, 2.05) is 43.5 Å². The largest absolute Gasteiger partial charge is 0.468 e. The lowest BCUT2D eigenvalue weighted by molar-refractivity contribution is -0.154. The molecule has 5 nitrogen and oxygen atoms in total. The summed E-state index contributed by atoms with van der Waals surface area (Å²) < 4.78 is 42.7. The van der Waals surface area contributed by atoms with Crippen molar-refractivity contribution in [2.75, 3.05) is 6.61 Å². The van der Waals surface area contributed by atoms with E-state index >= 15 is 0 Å². The van der Waals surface area contributed by atoms with E-state index in [-0.39, 0.29) is 11.9 Å². The van der Waals surface area contributed by atoms with Crippen molar-refractivity contribution in [3.8, 4) is 17.1 Å². The summed E-state index contributed by atoms with van der Waals surface area (Å²) in [6, 6.07) is 12.5. The molecule has 0 fully saturated rings. The van der Waals surface area contributed by atoms with E-state index in [1.165, 1.54) is 12.3 Å². The molecule has 0 saturated carbocycles. The molecule has 2 heterocycles. The van der Waals surface area contributed by atoms with Crippen LogP contribution in [0.25, 0.3) is 11.3 Å². The number of pyridine rings is 1. The zero-order valence-corrected chi connectivity index (χ0v) is 13.3. The second kappa shape index (κ2) is 6.92. The van der Waals surface area contributed by atoms with E-state index in [0.717, 1.165) is 16.8 Å². The number of rotatable bonds is 5. The maximum Gasteiger partial charge on any atom is 0.422 e. The normalized spacial score (nSPS) is 12.8. The highest BCUT2D eigenvalue weighted by molar-refractivity contribution is 5.57. The Balaban J connectivity index is 1.71. The third-order valence-corrected chi connectivity index (χ3v) is 3.60. The van der Waals surface area contributed by atoms with Gasteiger partial charge in [0, 0.05) is 17.8 Å². The molecule has 0 aliphatic rings. The van der Waals surface area contributed by atoms with Crippen LogP contribution in [0, 0.1) is 0 Å². The van der Waals surface area contributed by atoms with E-state index in [2.05, 4.69) is 20.0 Å². The van der Waals surface area contributed by atoms with Gasteiger partial charge < -0.3 is 4.74 Å². The Labute approximate surface area is 142 Å². The minimum Gasteiger partial charge on any atom is -0.468 e. The SMILES string of the molecule is CC(c1ccc(OCC(F)(F)F)nc1)n1cc(-c2ccccc2)nn1. The van der Waals surface area contributed by atoms with Crippen LogP contribution in [0.3, 0.4) is 0 Å². The smallest absolute Gasteiger partial charge is 0.422 e. The van der Waals surface area contributed by atoms with Gasteiger partial charge in [0.15, 0.2) is 6.61 Å². The predicted octanol–water partition coefficient (Wildman–Crippen LogP) is 3.89. The first-order chi connectivity index (χ1) is 11.9. The molecule has 1 atom stereocenters. The Morgan fingerprint density at radius 2 is 1.88 bits per heavy atom. The highest BCUT2D eigenvalue weighted by atomic mass is 19.4. The molecule has 25 heavy (non-hydrogen) atoms. The number of benzene rings is 1. The fourth-order valence-electron chi connectivity index (χ4n) is 2.24. The number of aromatic nitrogens is 4. The quantitative estimate of drug-likeness (QED) is 0.702. The topological polar surface area (TPSA) is 52.8 Å². The number of halogens is 3. The van der Waals surface area contributed by atoms with Gasteiger partial charge in [0.25, 0.3) is 0 Å². The second-order valence-corrected chi connectivity index (χ2v) is 5.46. The van der Waals surface area contributed by atoms with E-state index in [1.54, 1.807) is 10.7 Å². The molecule has 8 heteroatoms. The van der Waals surface area contributed by atoms with Gasteiger partial charge in [-0.15, -0.1) is 5.10 Å². The summed E-state index contributed by atoms with van der Waals surface area (Å²) in [4.78, 5) is 3.91. The second-order valence-electron chi connectivity index (χ2n) is 5.46. The maximum atomic E-state index is 12.1. The minimum absolute atomic E-state index is 0.0724. The molecule has 3 rings (SSSR count). The van der Waals surface area contributed by atoms with Crippen molar-refractivity contribution >= 4 is 0 Å². The zero-order valence-electron chi connectivity index (χ0n) is 13.3. The van der Waals surface area contributed by atoms with Gasteiger partial charge in [-0.25, -0.2) is 9.67 Å². The summed E-state index contributed by atoms with van der Waals surface area (Å²) in [7, 11) is 0. The Hall–Kier alpha value is -2.90. The first kappa shape index (κ1) is 16.9. The molecule has 0 saturated heterocycles. The molecule has 0 bridgehead atoms. The number of ether oxygens (including phenoxy) is 1. The van der Waals surface area contributed by atoms with Gasteiger partial charge >= 0.3 is 6.18 Å². The van der Waals surface area contributed by atoms with Crippen molar-refractivity contribution in [2.24, 2.45) is 0 Å². The van der Waals surface area contributed by atoms with Crippen molar-refractivity contribution in [3.63, 3.8) is 0 Å². The Morgan fingerprint density at radius 1 is 1.12 bits per heavy atom. The molecule has 0 amide bonds. The van der Waals surface area contributed by atoms with Gasteiger partial charge in [-0.1, -0.05) is 35.5 Å². The summed E-state index contributed by atoms with van der Waals surface area (Å²) in [6.07, 6.45) is -1.10. The fourth-order valence-corrected chi connectivity index (χ4v) is 2.24. The maximum absolute atomic E-state index is 12.1. The van der Waals surface area contributed by atoms with E-state index in [4.69, 9.17) is 0 Å². The van der Waals surface area contributed by atoms with Crippen molar-refractivity contribution in [1.82, 2.24) is 20.0 Å². The number of hydrogen-bond acceptors (Lipinski definition) is 4. The molecule has 1 unspecified atom stereocenters. The van der Waals surface area contributed by atoms with Crippen molar-refractivity contribution in [1.29, 1.82) is 0 Å². The average molecular weight is 348 g/mol. The van der Waals surface area contributed by atoms with Gasteiger partial charge in [0.1, 0.15) is 5.69 Å². The Bertz CT molecular complexity index is 816. The molecule has 0 radical (unpaired) electrons. The predicted molar refractivity (Wildman–Crippen MR) is 85.1 cm³/mol. The minimum atomic E-state index is -4.39. The van der Waals surface area contributed by atoms with Crippen LogP contribution < -0.4 is 4.74 Å². The first-order valence-electron chi connectivity index (χ1n) is 7.55. The summed E-state index contributed by atoms with van der Waals surface area (Å²) >= 11 is 0. The number of nitrogens with zero attached hydrogens (tertiary/aromatic N) is 4. The molecule has 130 valence electrons. The molecule has 0 aliphatic heterocycles. The molecular weight excluding hydrogens is 333 g/mol. The van der Waals surface area contributed by atoms with Gasteiger partial charge in [0.05, 0.1) is 12.2 Å². The van der Waals surface area contributed by atoms with Crippen LogP contribution in [0.4, 0.5) is 13.2 Å². The Morgan fingerprint density at radius 3 is 2.52 bits per heavy atom.